The van der Waals surface area contributed by atoms with Crippen molar-refractivity contribution < 1.29 is 39.4 Å². The van der Waals surface area contributed by atoms with Crippen LogP contribution in [0.1, 0.15) is 33.5 Å². The summed E-state index contributed by atoms with van der Waals surface area (Å²) < 4.78 is 23.5. The van der Waals surface area contributed by atoms with Crippen LogP contribution < -0.4 is 39.4 Å². The van der Waals surface area contributed by atoms with Crippen molar-refractivity contribution in [2.24, 2.45) is 5.14 Å². The second kappa shape index (κ2) is 5.57. The molecule has 4 nitrogen and oxygen atoms in total. The van der Waals surface area contributed by atoms with Gasteiger partial charge in [0.25, 0.3) is 10.2 Å². The molecule has 0 heterocycles. The van der Waals surface area contributed by atoms with Crippen molar-refractivity contribution in [2.45, 2.75) is 38.1 Å². The van der Waals surface area contributed by atoms with E-state index >= 15 is 0 Å². The maximum absolute atomic E-state index is 10.6. The van der Waals surface area contributed by atoms with Crippen LogP contribution in [0.3, 0.4) is 0 Å². The smallest absolute Gasteiger partial charge is 1.00 e. The molecule has 0 unspecified atom stereocenters. The minimum Gasteiger partial charge on any atom is -1.00 e. The van der Waals surface area contributed by atoms with Crippen molar-refractivity contribution in [1.82, 2.24) is 4.72 Å². The van der Waals surface area contributed by atoms with E-state index in [0.717, 1.165) is 25.7 Å². The van der Waals surface area contributed by atoms with Crippen molar-refractivity contribution in [2.75, 3.05) is 0 Å². The number of nitrogens with one attached hydrogen (secondary N) is 1. The number of hydrogen-bond acceptors (Lipinski definition) is 2. The van der Waals surface area contributed by atoms with Crippen molar-refractivity contribution >= 4 is 10.2 Å². The fourth-order valence-electron chi connectivity index (χ4n) is 1.45. The van der Waals surface area contributed by atoms with Crippen molar-refractivity contribution in [3.8, 4) is 0 Å². The van der Waals surface area contributed by atoms with Gasteiger partial charge < -0.3 is 1.43 Å². The number of nitrogens with two attached hydrogens (primary N) is 1. The van der Waals surface area contributed by atoms with Gasteiger partial charge in [-0.3, -0.25) is 0 Å². The van der Waals surface area contributed by atoms with Crippen LogP contribution in [0.4, 0.5) is 0 Å². The molecule has 1 fully saturated rings. The van der Waals surface area contributed by atoms with E-state index in [2.05, 4.69) is 4.72 Å². The Kier molecular flexibility index (Phi) is 5.97. The van der Waals surface area contributed by atoms with Crippen LogP contribution in [0.15, 0.2) is 0 Å². The molecule has 68 valence electrons. The van der Waals surface area contributed by atoms with E-state index in [0.29, 0.717) is 0 Å². The van der Waals surface area contributed by atoms with Crippen LogP contribution in [0.5, 0.6) is 0 Å². The third kappa shape index (κ3) is 5.50. The van der Waals surface area contributed by atoms with Crippen LogP contribution in [0, 0.1) is 0 Å². The predicted octanol–water partition coefficient (Wildman–Crippen LogP) is -2.77. The van der Waals surface area contributed by atoms with E-state index in [9.17, 15) is 8.42 Å². The minimum atomic E-state index is -3.47. The number of rotatable bonds is 2. The standard InChI is InChI=1S/C6H14N2O2S.Na.H/c7-11(9,10)8-6-4-2-1-3-5-6;;/h6,8H,1-5H2,(H2,7,9,10);;/q;+1;-1. The van der Waals surface area contributed by atoms with Crippen molar-refractivity contribution in [1.29, 1.82) is 0 Å². The van der Waals surface area contributed by atoms with Crippen LogP contribution >= 0.6 is 0 Å². The molecule has 0 aromatic rings. The number of hydrogen-bond donors (Lipinski definition) is 2. The van der Waals surface area contributed by atoms with Gasteiger partial charge in [-0.1, -0.05) is 19.3 Å². The molecule has 1 rings (SSSR count). The first-order valence-corrected chi connectivity index (χ1v) is 5.42. The van der Waals surface area contributed by atoms with Gasteiger partial charge in [0.1, 0.15) is 0 Å². The molecule has 6 heteroatoms. The van der Waals surface area contributed by atoms with Crippen LogP contribution in [-0.2, 0) is 10.2 Å². The van der Waals surface area contributed by atoms with Gasteiger partial charge in [-0.25, -0.2) is 5.14 Å². The van der Waals surface area contributed by atoms with Gasteiger partial charge in [-0.15, -0.1) is 0 Å². The summed E-state index contributed by atoms with van der Waals surface area (Å²) in [5.41, 5.74) is 0. The fraction of sp³-hybridized carbons (Fsp3) is 1.00. The van der Waals surface area contributed by atoms with E-state index in [1.54, 1.807) is 0 Å². The molecule has 0 atom stereocenters. The molecular weight excluding hydrogens is 187 g/mol. The van der Waals surface area contributed by atoms with Crippen LogP contribution in [0.2, 0.25) is 0 Å². The van der Waals surface area contributed by atoms with E-state index < -0.39 is 10.2 Å². The molecule has 0 amide bonds. The molecule has 0 spiro atoms. The Morgan fingerprint density at radius 3 is 2.17 bits per heavy atom. The van der Waals surface area contributed by atoms with Gasteiger partial charge in [0.15, 0.2) is 0 Å². The van der Waals surface area contributed by atoms with Crippen molar-refractivity contribution in [3.05, 3.63) is 0 Å². The van der Waals surface area contributed by atoms with Gasteiger partial charge in [-0.2, -0.15) is 13.1 Å². The zero-order chi connectivity index (χ0) is 8.32. The second-order valence-electron chi connectivity index (χ2n) is 3.00. The Labute approximate surface area is 97.2 Å². The Bertz CT molecular complexity index is 217. The zero-order valence-electron chi connectivity index (χ0n) is 8.41. The summed E-state index contributed by atoms with van der Waals surface area (Å²) in [6.45, 7) is 0. The quantitative estimate of drug-likeness (QED) is 0.476. The Morgan fingerprint density at radius 1 is 1.25 bits per heavy atom. The first-order valence-electron chi connectivity index (χ1n) is 3.88. The van der Waals surface area contributed by atoms with Gasteiger partial charge in [0.05, 0.1) is 0 Å². The average molecular weight is 202 g/mol. The third-order valence-electron chi connectivity index (χ3n) is 1.94. The van der Waals surface area contributed by atoms with Gasteiger partial charge in [-0.05, 0) is 12.8 Å². The zero-order valence-corrected chi connectivity index (χ0v) is 10.2. The Hall–Kier alpha value is 0.870. The molecule has 1 saturated carbocycles. The summed E-state index contributed by atoms with van der Waals surface area (Å²) in [6.07, 6.45) is 5.27. The maximum atomic E-state index is 10.6. The minimum absolute atomic E-state index is 0. The molecule has 0 aromatic carbocycles. The van der Waals surface area contributed by atoms with Crippen LogP contribution in [0.25, 0.3) is 0 Å². The molecule has 3 N–H and O–H groups in total. The van der Waals surface area contributed by atoms with Crippen molar-refractivity contribution in [3.63, 3.8) is 0 Å². The second-order valence-corrected chi connectivity index (χ2v) is 4.32. The molecule has 1 aliphatic rings. The summed E-state index contributed by atoms with van der Waals surface area (Å²) in [7, 11) is -3.47. The summed E-state index contributed by atoms with van der Waals surface area (Å²) in [5, 5.41) is 4.83. The Balaban J connectivity index is 0. The molecule has 12 heavy (non-hydrogen) atoms. The first kappa shape index (κ1) is 12.9. The fourth-order valence-corrected chi connectivity index (χ4v) is 2.15. The molecule has 0 saturated heterocycles. The summed E-state index contributed by atoms with van der Waals surface area (Å²) in [5.74, 6) is 0. The Morgan fingerprint density at radius 2 is 1.75 bits per heavy atom. The first-order chi connectivity index (χ1) is 5.08. The molecule has 0 bridgehead atoms. The molecule has 0 aromatic heterocycles. The van der Waals surface area contributed by atoms with Gasteiger partial charge >= 0.3 is 29.6 Å². The normalized spacial score (nSPS) is 20.1. The monoisotopic (exact) mass is 202 g/mol. The summed E-state index contributed by atoms with van der Waals surface area (Å²) in [6, 6.07) is 0.0822. The van der Waals surface area contributed by atoms with Gasteiger partial charge in [0, 0.05) is 6.04 Å². The van der Waals surface area contributed by atoms with E-state index in [-0.39, 0.29) is 37.0 Å². The predicted molar refractivity (Wildman–Crippen MR) is 44.2 cm³/mol. The van der Waals surface area contributed by atoms with E-state index in [1.165, 1.54) is 6.42 Å². The average Bonchev–Trinajstić information content (AvgIpc) is 1.85. The van der Waals surface area contributed by atoms with Gasteiger partial charge in [0.2, 0.25) is 0 Å². The largest absolute Gasteiger partial charge is 1.00 e. The third-order valence-corrected chi connectivity index (χ3v) is 2.60. The van der Waals surface area contributed by atoms with E-state index in [4.69, 9.17) is 5.14 Å². The molecular formula is C6H15N2NaO2S. The molecule has 0 radical (unpaired) electrons. The summed E-state index contributed by atoms with van der Waals surface area (Å²) >= 11 is 0. The SMILES string of the molecule is NS(=O)(=O)NC1CCCCC1.[H-].[Na+]. The summed E-state index contributed by atoms with van der Waals surface area (Å²) in [4.78, 5) is 0. The molecule has 1 aliphatic carbocycles. The van der Waals surface area contributed by atoms with Crippen LogP contribution in [-0.4, -0.2) is 14.5 Å². The maximum Gasteiger partial charge on any atom is 1.00 e. The molecule has 0 aliphatic heterocycles. The topological polar surface area (TPSA) is 72.2 Å². The van der Waals surface area contributed by atoms with E-state index in [1.807, 2.05) is 0 Å².